The highest BCUT2D eigenvalue weighted by atomic mass is 19.4. The average Bonchev–Trinajstić information content (AvgIpc) is 3.58. The Morgan fingerprint density at radius 3 is 2.28 bits per heavy atom. The van der Waals surface area contributed by atoms with E-state index in [2.05, 4.69) is 20.6 Å². The van der Waals surface area contributed by atoms with Gasteiger partial charge in [-0.05, 0) is 56.2 Å². The van der Waals surface area contributed by atoms with Gasteiger partial charge in [-0.1, -0.05) is 31.4 Å². The molecule has 1 aliphatic heterocycles. The topological polar surface area (TPSA) is 163 Å². The maximum atomic E-state index is 13.8. The molecule has 2 aromatic rings. The number of imidazole rings is 1. The van der Waals surface area contributed by atoms with Gasteiger partial charge in [0.15, 0.2) is 0 Å². The summed E-state index contributed by atoms with van der Waals surface area (Å²) in [5, 5.41) is 12.9. The first kappa shape index (κ1) is 37.2. The Morgan fingerprint density at radius 2 is 1.74 bits per heavy atom. The van der Waals surface area contributed by atoms with Gasteiger partial charge in [-0.15, -0.1) is 0 Å². The van der Waals surface area contributed by atoms with Crippen LogP contribution in [0.2, 0.25) is 0 Å². The molecule has 1 aromatic carbocycles. The quantitative estimate of drug-likeness (QED) is 0.259. The maximum Gasteiger partial charge on any atom is 0.490 e. The number of amides is 3. The fraction of sp³-hybridized carbons (Fsp3) is 0.594. The number of carbonyl (C=O) groups excluding carboxylic acids is 3. The van der Waals surface area contributed by atoms with Crippen LogP contribution in [0.1, 0.15) is 63.1 Å². The second-order valence-corrected chi connectivity index (χ2v) is 11.7. The summed E-state index contributed by atoms with van der Waals surface area (Å²) in [5.74, 6) is -1.98. The zero-order valence-corrected chi connectivity index (χ0v) is 26.7. The van der Waals surface area contributed by atoms with Crippen LogP contribution in [-0.2, 0) is 32.0 Å². The molecule has 15 heteroatoms. The van der Waals surface area contributed by atoms with Crippen LogP contribution < -0.4 is 15.4 Å². The summed E-state index contributed by atoms with van der Waals surface area (Å²) >= 11 is 0. The Bertz CT molecular complexity index is 1290. The van der Waals surface area contributed by atoms with Crippen molar-refractivity contribution in [3.63, 3.8) is 0 Å². The van der Waals surface area contributed by atoms with Crippen molar-refractivity contribution in [2.45, 2.75) is 76.9 Å². The van der Waals surface area contributed by atoms with Crippen molar-refractivity contribution in [3.05, 3.63) is 48.0 Å². The van der Waals surface area contributed by atoms with E-state index in [0.29, 0.717) is 57.8 Å². The third-order valence-electron chi connectivity index (χ3n) is 8.72. The van der Waals surface area contributed by atoms with E-state index in [1.54, 1.807) is 24.5 Å². The number of halogens is 3. The molecule has 2 fully saturated rings. The SMILES string of the molecule is CCOC(=O)C1(C2CCCCC2)CCN(C(=O)C(Cc2ccc(OC)cc2)NC(=O)NCCc2cnc[nH]2)CC1.O=C(O)C(F)(F)F. The van der Waals surface area contributed by atoms with Crippen molar-refractivity contribution in [3.8, 4) is 5.75 Å². The lowest BCUT2D eigenvalue weighted by atomic mass is 9.63. The lowest BCUT2D eigenvalue weighted by molar-refractivity contribution is -0.192. The number of nitrogens with zero attached hydrogens (tertiary/aromatic N) is 2. The van der Waals surface area contributed by atoms with Crippen molar-refractivity contribution in [2.24, 2.45) is 11.3 Å². The number of carbonyl (C=O) groups is 4. The third kappa shape index (κ3) is 10.9. The number of alkyl halides is 3. The number of hydrogen-bond acceptors (Lipinski definition) is 7. The number of hydrogen-bond donors (Lipinski definition) is 4. The Hall–Kier alpha value is -4.30. The van der Waals surface area contributed by atoms with E-state index in [1.807, 2.05) is 31.2 Å². The molecular weight excluding hydrogens is 623 g/mol. The number of methoxy groups -OCH3 is 1. The predicted molar refractivity (Wildman–Crippen MR) is 164 cm³/mol. The fourth-order valence-corrected chi connectivity index (χ4v) is 6.19. The molecule has 0 bridgehead atoms. The number of benzene rings is 1. The molecule has 3 amide bonds. The molecule has 0 radical (unpaired) electrons. The van der Waals surface area contributed by atoms with E-state index in [9.17, 15) is 27.6 Å². The molecular formula is C32H44F3N5O7. The Kier molecular flexibility index (Phi) is 13.9. The van der Waals surface area contributed by atoms with Gasteiger partial charge in [-0.25, -0.2) is 14.6 Å². The molecule has 4 N–H and O–H groups in total. The van der Waals surface area contributed by atoms with Crippen LogP contribution in [0.15, 0.2) is 36.8 Å². The van der Waals surface area contributed by atoms with Gasteiger partial charge in [0.05, 0.1) is 25.5 Å². The minimum absolute atomic E-state index is 0.112. The molecule has 1 aliphatic carbocycles. The number of carboxylic acids is 1. The minimum Gasteiger partial charge on any atom is -0.497 e. The summed E-state index contributed by atoms with van der Waals surface area (Å²) in [6.45, 7) is 3.55. The summed E-state index contributed by atoms with van der Waals surface area (Å²) in [7, 11) is 1.61. The number of aromatic nitrogens is 2. The summed E-state index contributed by atoms with van der Waals surface area (Å²) < 4.78 is 42.6. The standard InChI is InChI=1S/C30H43N5O5.C2HF3O2/c1-3-40-28(37)30(23-7-5-4-6-8-23)14-17-35(18-15-30)27(36)26(19-22-9-11-25(39-2)12-10-22)34-29(38)32-16-13-24-20-31-21-33-24;3-2(4,5)1(6)7/h9-12,20-21,23,26H,3-8,13-19H2,1-2H3,(H,31,33)(H2,32,34,38);(H,6,7). The lowest BCUT2D eigenvalue weighted by Gasteiger charge is -2.46. The fourth-order valence-electron chi connectivity index (χ4n) is 6.19. The van der Waals surface area contributed by atoms with Crippen LogP contribution in [0, 0.1) is 11.3 Å². The predicted octanol–water partition coefficient (Wildman–Crippen LogP) is 4.26. The van der Waals surface area contributed by atoms with Crippen LogP contribution in [0.25, 0.3) is 0 Å². The zero-order chi connectivity index (χ0) is 34.5. The summed E-state index contributed by atoms with van der Waals surface area (Å²) in [4.78, 5) is 57.6. The van der Waals surface area contributed by atoms with Crippen molar-refractivity contribution < 1.29 is 46.9 Å². The highest BCUT2D eigenvalue weighted by Crippen LogP contribution is 2.47. The maximum absolute atomic E-state index is 13.8. The van der Waals surface area contributed by atoms with Crippen molar-refractivity contribution in [2.75, 3.05) is 33.4 Å². The first-order chi connectivity index (χ1) is 22.4. The number of ether oxygens (including phenoxy) is 2. The zero-order valence-electron chi connectivity index (χ0n) is 26.7. The van der Waals surface area contributed by atoms with Crippen LogP contribution >= 0.6 is 0 Å². The second-order valence-electron chi connectivity index (χ2n) is 11.7. The van der Waals surface area contributed by atoms with E-state index in [4.69, 9.17) is 19.4 Å². The molecule has 47 heavy (non-hydrogen) atoms. The average molecular weight is 668 g/mol. The number of rotatable bonds is 11. The van der Waals surface area contributed by atoms with E-state index in [-0.39, 0.29) is 11.9 Å². The van der Waals surface area contributed by atoms with Crippen LogP contribution in [0.5, 0.6) is 5.75 Å². The summed E-state index contributed by atoms with van der Waals surface area (Å²) in [6, 6.07) is 6.36. The number of H-pyrrole nitrogens is 1. The van der Waals surface area contributed by atoms with Gasteiger partial charge in [-0.3, -0.25) is 9.59 Å². The Morgan fingerprint density at radius 1 is 1.11 bits per heavy atom. The largest absolute Gasteiger partial charge is 0.497 e. The number of carboxylic acid groups (broad SMARTS) is 1. The molecule has 1 atom stereocenters. The van der Waals surface area contributed by atoms with Gasteiger partial charge < -0.3 is 35.1 Å². The van der Waals surface area contributed by atoms with E-state index in [0.717, 1.165) is 42.7 Å². The Labute approximate surface area is 271 Å². The van der Waals surface area contributed by atoms with E-state index >= 15 is 0 Å². The normalized spacial score (nSPS) is 17.0. The van der Waals surface area contributed by atoms with Gasteiger partial charge in [0.1, 0.15) is 11.8 Å². The second kappa shape index (κ2) is 17.6. The molecule has 4 rings (SSSR count). The number of aliphatic carboxylic acids is 1. The smallest absolute Gasteiger partial charge is 0.490 e. The molecule has 1 saturated carbocycles. The molecule has 1 saturated heterocycles. The number of piperidine rings is 1. The van der Waals surface area contributed by atoms with E-state index < -0.39 is 29.6 Å². The van der Waals surface area contributed by atoms with Crippen molar-refractivity contribution >= 4 is 23.9 Å². The van der Waals surface area contributed by atoms with Crippen molar-refractivity contribution in [1.29, 1.82) is 0 Å². The molecule has 0 spiro atoms. The van der Waals surface area contributed by atoms with Crippen molar-refractivity contribution in [1.82, 2.24) is 25.5 Å². The van der Waals surface area contributed by atoms with Gasteiger partial charge >= 0.3 is 24.1 Å². The van der Waals surface area contributed by atoms with Gasteiger partial charge in [0.25, 0.3) is 0 Å². The van der Waals surface area contributed by atoms with Crippen LogP contribution in [0.3, 0.4) is 0 Å². The molecule has 2 heterocycles. The van der Waals surface area contributed by atoms with Gasteiger partial charge in [0.2, 0.25) is 5.91 Å². The first-order valence-corrected chi connectivity index (χ1v) is 15.8. The molecule has 1 unspecified atom stereocenters. The number of urea groups is 1. The van der Waals surface area contributed by atoms with E-state index in [1.165, 1.54) is 6.42 Å². The van der Waals surface area contributed by atoms with Crippen LogP contribution in [0.4, 0.5) is 18.0 Å². The summed E-state index contributed by atoms with van der Waals surface area (Å²) in [6.07, 6.45) is 5.92. The van der Waals surface area contributed by atoms with Gasteiger partial charge in [-0.2, -0.15) is 13.2 Å². The van der Waals surface area contributed by atoms with Crippen LogP contribution in [-0.4, -0.2) is 89.4 Å². The number of aromatic amines is 1. The molecule has 1 aromatic heterocycles. The highest BCUT2D eigenvalue weighted by molar-refractivity contribution is 5.88. The molecule has 260 valence electrons. The summed E-state index contributed by atoms with van der Waals surface area (Å²) in [5.41, 5.74) is 1.30. The minimum atomic E-state index is -5.08. The molecule has 2 aliphatic rings. The number of likely N-dealkylation sites (tertiary alicyclic amines) is 1. The number of esters is 1. The molecule has 12 nitrogen and oxygen atoms in total. The lowest BCUT2D eigenvalue weighted by Crippen LogP contribution is -2.56. The Balaban J connectivity index is 0.000000771. The highest BCUT2D eigenvalue weighted by Gasteiger charge is 2.49. The number of nitrogens with one attached hydrogen (secondary N) is 3. The third-order valence-corrected chi connectivity index (χ3v) is 8.72. The first-order valence-electron chi connectivity index (χ1n) is 15.8. The van der Waals surface area contributed by atoms with Gasteiger partial charge in [0, 0.05) is 44.4 Å². The monoisotopic (exact) mass is 667 g/mol.